The molecule has 228 valence electrons. The van der Waals surface area contributed by atoms with Crippen molar-refractivity contribution in [2.75, 3.05) is 7.11 Å². The van der Waals surface area contributed by atoms with Gasteiger partial charge < -0.3 is 14.6 Å². The van der Waals surface area contributed by atoms with E-state index in [9.17, 15) is 4.79 Å². The summed E-state index contributed by atoms with van der Waals surface area (Å²) >= 11 is 6.11. The van der Waals surface area contributed by atoms with Crippen LogP contribution in [0.4, 0.5) is 0 Å². The number of halogens is 1. The molecule has 0 bridgehead atoms. The maximum Gasteiger partial charge on any atom is 0.243 e. The first-order chi connectivity index (χ1) is 21.2. The first-order valence-corrected chi connectivity index (χ1v) is 15.7. The van der Waals surface area contributed by atoms with E-state index in [0.717, 1.165) is 50.7 Å². The van der Waals surface area contributed by atoms with E-state index >= 15 is 0 Å². The zero-order valence-corrected chi connectivity index (χ0v) is 27.2. The average Bonchev–Trinajstić information content (AvgIpc) is 3.33. The highest BCUT2D eigenvalue weighted by atomic mass is 35.5. The molecular formula is C37H41ClN4O2. The number of benzene rings is 3. The molecule has 1 atom stereocenters. The number of carbonyl (C=O) groups excluding carboxylic acids is 1. The van der Waals surface area contributed by atoms with E-state index in [2.05, 4.69) is 80.9 Å². The van der Waals surface area contributed by atoms with E-state index in [4.69, 9.17) is 26.3 Å². The van der Waals surface area contributed by atoms with Crippen LogP contribution in [0, 0.1) is 12.8 Å². The molecule has 7 heteroatoms. The number of aromatic nitrogens is 3. The summed E-state index contributed by atoms with van der Waals surface area (Å²) in [6, 6.07) is 25.6. The van der Waals surface area contributed by atoms with Crippen LogP contribution in [0.25, 0.3) is 22.3 Å². The topological polar surface area (TPSA) is 69.0 Å². The third-order valence-corrected chi connectivity index (χ3v) is 8.19. The van der Waals surface area contributed by atoms with Gasteiger partial charge in [-0.1, -0.05) is 81.8 Å². The number of nitrogens with one attached hydrogen (secondary N) is 1. The molecule has 0 spiro atoms. The molecule has 1 amide bonds. The second kappa shape index (κ2) is 13.6. The lowest BCUT2D eigenvalue weighted by molar-refractivity contribution is -0.124. The standard InChI is InChI=1S/C37H41ClN4O2/c1-23(2)20-32(37(43)39-22-27-12-16-29(38)17-13-27)42-34(28-14-18-30(44-6)19-15-28)31(21-26-10-8-7-9-11-26)33-25(5)40-35(24(3)4)41-36(33)42/h7-19,23-24,32H,20-22H2,1-6H3,(H,39,43). The van der Waals surface area contributed by atoms with Gasteiger partial charge >= 0.3 is 0 Å². The second-order valence-electron chi connectivity index (χ2n) is 12.1. The first kappa shape index (κ1) is 31.3. The molecule has 2 heterocycles. The third-order valence-electron chi connectivity index (χ3n) is 7.94. The smallest absolute Gasteiger partial charge is 0.243 e. The number of carbonyl (C=O) groups is 1. The number of aryl methyl sites for hydroxylation is 1. The highest BCUT2D eigenvalue weighted by molar-refractivity contribution is 6.30. The minimum absolute atomic E-state index is 0.0473. The molecule has 44 heavy (non-hydrogen) atoms. The molecule has 0 aliphatic carbocycles. The second-order valence-corrected chi connectivity index (χ2v) is 12.5. The van der Waals surface area contributed by atoms with Gasteiger partial charge in [0.15, 0.2) is 0 Å². The van der Waals surface area contributed by atoms with Crippen molar-refractivity contribution in [3.8, 4) is 17.0 Å². The van der Waals surface area contributed by atoms with Gasteiger partial charge in [-0.3, -0.25) is 4.79 Å². The van der Waals surface area contributed by atoms with Gasteiger partial charge in [-0.15, -0.1) is 0 Å². The molecule has 1 N–H and O–H groups in total. The Balaban J connectivity index is 1.77. The van der Waals surface area contributed by atoms with Gasteiger partial charge in [-0.2, -0.15) is 0 Å². The van der Waals surface area contributed by atoms with E-state index < -0.39 is 6.04 Å². The minimum Gasteiger partial charge on any atom is -0.497 e. The Labute approximate surface area is 265 Å². The molecule has 0 fully saturated rings. The van der Waals surface area contributed by atoms with Crippen LogP contribution in [-0.2, 0) is 17.8 Å². The lowest BCUT2D eigenvalue weighted by Crippen LogP contribution is -2.33. The monoisotopic (exact) mass is 608 g/mol. The van der Waals surface area contributed by atoms with Crippen molar-refractivity contribution in [1.82, 2.24) is 19.9 Å². The molecule has 0 aliphatic heterocycles. The van der Waals surface area contributed by atoms with E-state index in [-0.39, 0.29) is 17.7 Å². The summed E-state index contributed by atoms with van der Waals surface area (Å²) < 4.78 is 7.69. The highest BCUT2D eigenvalue weighted by Crippen LogP contribution is 2.40. The highest BCUT2D eigenvalue weighted by Gasteiger charge is 2.31. The van der Waals surface area contributed by atoms with Crippen LogP contribution >= 0.6 is 11.6 Å². The quantitative estimate of drug-likeness (QED) is 0.163. The number of nitrogens with zero attached hydrogens (tertiary/aromatic N) is 3. The summed E-state index contributed by atoms with van der Waals surface area (Å²) in [6.07, 6.45) is 1.32. The molecule has 5 rings (SSSR count). The molecule has 0 saturated carbocycles. The minimum atomic E-state index is -0.499. The number of rotatable bonds is 11. The van der Waals surface area contributed by atoms with Crippen LogP contribution in [0.5, 0.6) is 5.75 Å². The van der Waals surface area contributed by atoms with Crippen molar-refractivity contribution < 1.29 is 9.53 Å². The zero-order valence-electron chi connectivity index (χ0n) is 26.4. The first-order valence-electron chi connectivity index (χ1n) is 15.3. The van der Waals surface area contributed by atoms with Gasteiger partial charge in [-0.25, -0.2) is 9.97 Å². The molecule has 1 unspecified atom stereocenters. The summed E-state index contributed by atoms with van der Waals surface area (Å²) in [4.78, 5) is 24.5. The van der Waals surface area contributed by atoms with Crippen LogP contribution in [0.1, 0.15) is 74.3 Å². The van der Waals surface area contributed by atoms with Gasteiger partial charge in [0, 0.05) is 29.3 Å². The molecule has 0 saturated heterocycles. The van der Waals surface area contributed by atoms with Gasteiger partial charge in [0.2, 0.25) is 5.91 Å². The van der Waals surface area contributed by atoms with Crippen LogP contribution < -0.4 is 10.1 Å². The number of methoxy groups -OCH3 is 1. The molecular weight excluding hydrogens is 568 g/mol. The molecule has 5 aromatic rings. The number of ether oxygens (including phenoxy) is 1. The summed E-state index contributed by atoms with van der Waals surface area (Å²) in [7, 11) is 1.67. The lowest BCUT2D eigenvalue weighted by atomic mass is 9.97. The average molecular weight is 609 g/mol. The van der Waals surface area contributed by atoms with Crippen molar-refractivity contribution in [2.45, 2.75) is 66.0 Å². The van der Waals surface area contributed by atoms with Crippen molar-refractivity contribution in [3.05, 3.63) is 112 Å². The van der Waals surface area contributed by atoms with Crippen LogP contribution in [0.3, 0.4) is 0 Å². The van der Waals surface area contributed by atoms with E-state index in [1.807, 2.05) is 42.5 Å². The lowest BCUT2D eigenvalue weighted by Gasteiger charge is -2.24. The van der Waals surface area contributed by atoms with Crippen LogP contribution in [0.15, 0.2) is 78.9 Å². The third kappa shape index (κ3) is 6.81. The Morgan fingerprint density at radius 1 is 0.909 bits per heavy atom. The molecule has 6 nitrogen and oxygen atoms in total. The number of fused-ring (bicyclic) bond motifs is 1. The summed E-state index contributed by atoms with van der Waals surface area (Å²) in [5.41, 5.74) is 6.98. The predicted molar refractivity (Wildman–Crippen MR) is 179 cm³/mol. The van der Waals surface area contributed by atoms with E-state index in [1.165, 1.54) is 5.56 Å². The Hall–Kier alpha value is -4.16. The number of hydrogen-bond donors (Lipinski definition) is 1. The summed E-state index contributed by atoms with van der Waals surface area (Å²) in [6.45, 7) is 11.0. The Kier molecular flexibility index (Phi) is 9.70. The van der Waals surface area contributed by atoms with Gasteiger partial charge in [0.05, 0.1) is 18.5 Å². The van der Waals surface area contributed by atoms with Crippen molar-refractivity contribution >= 4 is 28.5 Å². The van der Waals surface area contributed by atoms with Crippen LogP contribution in [-0.4, -0.2) is 27.6 Å². The fourth-order valence-corrected chi connectivity index (χ4v) is 5.88. The van der Waals surface area contributed by atoms with Crippen molar-refractivity contribution in [3.63, 3.8) is 0 Å². The summed E-state index contributed by atoms with van der Waals surface area (Å²) in [5.74, 6) is 1.89. The Morgan fingerprint density at radius 2 is 1.59 bits per heavy atom. The van der Waals surface area contributed by atoms with Crippen LogP contribution in [0.2, 0.25) is 5.02 Å². The normalized spacial score (nSPS) is 12.2. The molecule has 0 radical (unpaired) electrons. The fraction of sp³-hybridized carbons (Fsp3) is 0.324. The van der Waals surface area contributed by atoms with E-state index in [0.29, 0.717) is 24.4 Å². The predicted octanol–water partition coefficient (Wildman–Crippen LogP) is 8.69. The van der Waals surface area contributed by atoms with Crippen molar-refractivity contribution in [2.24, 2.45) is 5.92 Å². The number of hydrogen-bond acceptors (Lipinski definition) is 4. The van der Waals surface area contributed by atoms with E-state index in [1.54, 1.807) is 7.11 Å². The largest absolute Gasteiger partial charge is 0.497 e. The fourth-order valence-electron chi connectivity index (χ4n) is 5.76. The summed E-state index contributed by atoms with van der Waals surface area (Å²) in [5, 5.41) is 4.90. The molecule has 3 aromatic carbocycles. The maximum atomic E-state index is 14.3. The van der Waals surface area contributed by atoms with Gasteiger partial charge in [0.25, 0.3) is 0 Å². The zero-order chi connectivity index (χ0) is 31.4. The SMILES string of the molecule is COc1ccc(-c2c(Cc3ccccc3)c3c(C)nc(C(C)C)nc3n2C(CC(C)C)C(=O)NCc2ccc(Cl)cc2)cc1. The van der Waals surface area contributed by atoms with Gasteiger partial charge in [0.1, 0.15) is 23.3 Å². The van der Waals surface area contributed by atoms with Crippen molar-refractivity contribution in [1.29, 1.82) is 0 Å². The molecule has 0 aliphatic rings. The molecule has 2 aromatic heterocycles. The maximum absolute atomic E-state index is 14.3. The Bertz CT molecular complexity index is 1730. The Morgan fingerprint density at radius 3 is 2.20 bits per heavy atom. The van der Waals surface area contributed by atoms with Gasteiger partial charge in [-0.05, 0) is 77.9 Å². The number of amides is 1.